The molecule has 0 saturated carbocycles. The van der Waals surface area contributed by atoms with Crippen LogP contribution < -0.4 is 5.32 Å². The topological polar surface area (TPSA) is 64.8 Å². The van der Waals surface area contributed by atoms with E-state index in [0.29, 0.717) is 28.4 Å². The third-order valence-corrected chi connectivity index (χ3v) is 9.24. The molecule has 3 heterocycles. The van der Waals surface area contributed by atoms with Crippen LogP contribution in [-0.4, -0.2) is 40.2 Å². The Labute approximate surface area is 241 Å². The van der Waals surface area contributed by atoms with Crippen molar-refractivity contribution in [2.75, 3.05) is 18.4 Å². The van der Waals surface area contributed by atoms with Crippen LogP contribution in [0.15, 0.2) is 60.4 Å². The largest absolute Gasteiger partial charge is 0.393 e. The summed E-state index contributed by atoms with van der Waals surface area (Å²) in [4.78, 5) is 12.0. The number of aryl methyl sites for hydroxylation is 1. The van der Waals surface area contributed by atoms with Crippen LogP contribution in [0.25, 0.3) is 16.3 Å². The van der Waals surface area contributed by atoms with Crippen molar-refractivity contribution in [3.05, 3.63) is 93.1 Å². The fourth-order valence-corrected chi connectivity index (χ4v) is 7.15. The number of aromatic nitrogens is 2. The summed E-state index contributed by atoms with van der Waals surface area (Å²) in [7, 11) is 0. The highest BCUT2D eigenvalue weighted by Gasteiger charge is 2.34. The van der Waals surface area contributed by atoms with E-state index < -0.39 is 12.6 Å². The maximum atomic E-state index is 13.1. The molecule has 2 aromatic carbocycles. The zero-order valence-corrected chi connectivity index (χ0v) is 23.5. The quantitative estimate of drug-likeness (QED) is 0.243. The van der Waals surface area contributed by atoms with Crippen molar-refractivity contribution in [2.24, 2.45) is 5.92 Å². The lowest BCUT2D eigenvalue weighted by molar-refractivity contribution is -0.126. The molecule has 2 unspecified atom stereocenters. The van der Waals surface area contributed by atoms with E-state index in [1.165, 1.54) is 34.1 Å². The number of allylic oxidation sites excluding steroid dienone is 1. The molecule has 0 radical (unpaired) electrons. The minimum absolute atomic E-state index is 0.0857. The second kappa shape index (κ2) is 11.3. The Hall–Kier alpha value is -3.74. The summed E-state index contributed by atoms with van der Waals surface area (Å²) in [5, 5.41) is 13.6. The summed E-state index contributed by atoms with van der Waals surface area (Å²) in [6.45, 7) is 4.62. The molecule has 41 heavy (non-hydrogen) atoms. The number of hydrogen-bond acceptors (Lipinski definition) is 6. The van der Waals surface area contributed by atoms with Crippen LogP contribution in [0.1, 0.15) is 39.1 Å². The van der Waals surface area contributed by atoms with E-state index in [9.17, 15) is 18.4 Å². The predicted octanol–water partition coefficient (Wildman–Crippen LogP) is 7.11. The predicted molar refractivity (Wildman–Crippen MR) is 157 cm³/mol. The Morgan fingerprint density at radius 2 is 1.95 bits per heavy atom. The molecule has 1 N–H and O–H groups in total. The molecule has 0 spiro atoms. The summed E-state index contributed by atoms with van der Waals surface area (Å²) in [6, 6.07) is 18.7. The van der Waals surface area contributed by atoms with Crippen LogP contribution in [0.2, 0.25) is 0 Å². The zero-order valence-electron chi connectivity index (χ0n) is 22.7. The fourth-order valence-electron chi connectivity index (χ4n) is 6.12. The van der Waals surface area contributed by atoms with Crippen LogP contribution in [0.4, 0.5) is 19.0 Å². The lowest BCUT2D eigenvalue weighted by atomic mass is 9.95. The minimum atomic E-state index is -4.27. The fraction of sp³-hybridized carbons (Fsp3) is 0.344. The zero-order chi connectivity index (χ0) is 28.6. The van der Waals surface area contributed by atoms with Gasteiger partial charge in [0.2, 0.25) is 0 Å². The van der Waals surface area contributed by atoms with Gasteiger partial charge in [0.25, 0.3) is 0 Å². The Balaban J connectivity index is 1.23. The lowest BCUT2D eigenvalue weighted by Gasteiger charge is -2.21. The normalized spacial score (nSPS) is 18.9. The monoisotopic (exact) mass is 573 g/mol. The Kier molecular flexibility index (Phi) is 7.54. The number of likely N-dealkylation sites (tertiary alicyclic amines) is 1. The Bertz CT molecular complexity index is 1640. The first-order valence-corrected chi connectivity index (χ1v) is 14.6. The van der Waals surface area contributed by atoms with Crippen molar-refractivity contribution in [3.8, 4) is 6.07 Å². The second-order valence-electron chi connectivity index (χ2n) is 11.1. The second-order valence-corrected chi connectivity index (χ2v) is 12.2. The van der Waals surface area contributed by atoms with Crippen LogP contribution in [0, 0.1) is 24.2 Å². The Morgan fingerprint density at radius 3 is 2.73 bits per heavy atom. The van der Waals surface area contributed by atoms with E-state index >= 15 is 0 Å². The van der Waals surface area contributed by atoms with Gasteiger partial charge in [-0.15, -0.1) is 11.3 Å². The maximum Gasteiger partial charge on any atom is 0.393 e. The van der Waals surface area contributed by atoms with Crippen molar-refractivity contribution in [3.63, 3.8) is 0 Å². The van der Waals surface area contributed by atoms with E-state index in [4.69, 9.17) is 0 Å². The molecular weight excluding hydrogens is 543 g/mol. The molecule has 0 amide bonds. The van der Waals surface area contributed by atoms with E-state index in [2.05, 4.69) is 69.6 Å². The first kappa shape index (κ1) is 27.4. The number of halogens is 3. The summed E-state index contributed by atoms with van der Waals surface area (Å²) in [5.74, 6) is 0.924. The molecule has 9 heteroatoms. The summed E-state index contributed by atoms with van der Waals surface area (Å²) < 4.78 is 39.2. The van der Waals surface area contributed by atoms with Gasteiger partial charge in [0.15, 0.2) is 0 Å². The number of hydrogen-bond donors (Lipinski definition) is 1. The molecule has 1 fully saturated rings. The van der Waals surface area contributed by atoms with Crippen molar-refractivity contribution in [1.82, 2.24) is 14.9 Å². The van der Waals surface area contributed by atoms with Gasteiger partial charge in [-0.3, -0.25) is 4.90 Å². The average Bonchev–Trinajstić information content (AvgIpc) is 3.66. The molecule has 2 aromatic heterocycles. The van der Waals surface area contributed by atoms with Gasteiger partial charge in [-0.1, -0.05) is 42.5 Å². The molecule has 1 aliphatic heterocycles. The van der Waals surface area contributed by atoms with Crippen LogP contribution in [0.5, 0.6) is 0 Å². The van der Waals surface area contributed by atoms with Crippen molar-refractivity contribution in [2.45, 2.75) is 51.4 Å². The number of nitrogens with one attached hydrogen (secondary N) is 1. The third-order valence-electron chi connectivity index (χ3n) is 8.19. The summed E-state index contributed by atoms with van der Waals surface area (Å²) in [5.41, 5.74) is 6.94. The number of benzene rings is 2. The SMILES string of the molecule is Cc1c(CN2CC(CCc3ccccc3)C(Nc3ncnc4sc(CC(F)(F)F)cc34)C2)ccc2c1C=C(C#N)C2. The van der Waals surface area contributed by atoms with Gasteiger partial charge in [-0.25, -0.2) is 9.97 Å². The third kappa shape index (κ3) is 6.14. The number of nitriles is 1. The maximum absolute atomic E-state index is 13.1. The molecule has 4 aromatic rings. The molecule has 5 nitrogen and oxygen atoms in total. The lowest BCUT2D eigenvalue weighted by Crippen LogP contribution is -2.29. The molecule has 6 rings (SSSR count). The standard InChI is InChI=1S/C32H30F3N5S/c1-20-24(10-9-23-11-22(15-36)12-27(20)23)16-40-17-25(8-7-21-5-3-2-4-6-21)29(18-40)39-30-28-13-26(14-32(33,34)35)41-31(28)38-19-37-30/h2-6,9-10,12-13,19,25,29H,7-8,11,14,16-18H2,1H3,(H,37,38,39). The van der Waals surface area contributed by atoms with E-state index in [1.807, 2.05) is 12.1 Å². The Morgan fingerprint density at radius 1 is 1.12 bits per heavy atom. The highest BCUT2D eigenvalue weighted by molar-refractivity contribution is 7.18. The minimum Gasteiger partial charge on any atom is -0.365 e. The molecule has 2 atom stereocenters. The highest BCUT2D eigenvalue weighted by atomic mass is 32.1. The van der Waals surface area contributed by atoms with Gasteiger partial charge in [0.1, 0.15) is 17.0 Å². The number of thiophene rings is 1. The van der Waals surface area contributed by atoms with Crippen LogP contribution in [0.3, 0.4) is 0 Å². The number of fused-ring (bicyclic) bond motifs is 2. The molecular formula is C32H30F3N5S. The first-order chi connectivity index (χ1) is 19.8. The van der Waals surface area contributed by atoms with Crippen molar-refractivity contribution < 1.29 is 13.2 Å². The molecule has 210 valence electrons. The van der Waals surface area contributed by atoms with Gasteiger partial charge < -0.3 is 5.32 Å². The smallest absolute Gasteiger partial charge is 0.365 e. The number of nitrogens with zero attached hydrogens (tertiary/aromatic N) is 4. The number of anilines is 1. The molecule has 1 saturated heterocycles. The highest BCUT2D eigenvalue weighted by Crippen LogP contribution is 2.35. The van der Waals surface area contributed by atoms with E-state index in [1.54, 1.807) is 6.07 Å². The van der Waals surface area contributed by atoms with Gasteiger partial charge in [0, 0.05) is 42.5 Å². The molecule has 2 aliphatic rings. The van der Waals surface area contributed by atoms with Gasteiger partial charge in [0.05, 0.1) is 17.9 Å². The number of rotatable bonds is 8. The van der Waals surface area contributed by atoms with E-state index in [0.717, 1.165) is 49.4 Å². The van der Waals surface area contributed by atoms with Gasteiger partial charge >= 0.3 is 6.18 Å². The van der Waals surface area contributed by atoms with Crippen molar-refractivity contribution in [1.29, 1.82) is 5.26 Å². The molecule has 1 aliphatic carbocycles. The average molecular weight is 574 g/mol. The number of alkyl halides is 3. The van der Waals surface area contributed by atoms with Crippen molar-refractivity contribution >= 4 is 33.4 Å². The van der Waals surface area contributed by atoms with Gasteiger partial charge in [-0.2, -0.15) is 18.4 Å². The summed E-state index contributed by atoms with van der Waals surface area (Å²) in [6.07, 6.45) is 0.844. The first-order valence-electron chi connectivity index (χ1n) is 13.8. The van der Waals surface area contributed by atoms with Gasteiger partial charge in [-0.05, 0) is 65.6 Å². The molecule has 0 bridgehead atoms. The van der Waals surface area contributed by atoms with Crippen LogP contribution >= 0.6 is 11.3 Å². The van der Waals surface area contributed by atoms with E-state index in [-0.39, 0.29) is 10.9 Å². The van der Waals surface area contributed by atoms with Crippen LogP contribution in [-0.2, 0) is 25.8 Å². The summed E-state index contributed by atoms with van der Waals surface area (Å²) >= 11 is 1.07.